The fourth-order valence-corrected chi connectivity index (χ4v) is 3.23. The van der Waals surface area contributed by atoms with Gasteiger partial charge in [0.2, 0.25) is 0 Å². The van der Waals surface area contributed by atoms with Crippen LogP contribution in [0.2, 0.25) is 24.2 Å². The predicted octanol–water partition coefficient (Wildman–Crippen LogP) is 4.69. The first-order valence-electron chi connectivity index (χ1n) is 5.75. The van der Waals surface area contributed by atoms with E-state index in [2.05, 4.69) is 39.8 Å². The van der Waals surface area contributed by atoms with Crippen LogP contribution in [0.3, 0.4) is 0 Å². The van der Waals surface area contributed by atoms with Gasteiger partial charge in [0.05, 0.1) is 8.07 Å². The summed E-state index contributed by atoms with van der Waals surface area (Å²) in [6.07, 6.45) is 10.1. The Morgan fingerprint density at radius 1 is 1.07 bits per heavy atom. The highest BCUT2D eigenvalue weighted by Crippen LogP contribution is 2.39. The van der Waals surface area contributed by atoms with Crippen LogP contribution in [0.4, 0.5) is 0 Å². The summed E-state index contributed by atoms with van der Waals surface area (Å²) in [6, 6.07) is 1.45. The Morgan fingerprint density at radius 2 is 1.64 bits per heavy atom. The van der Waals surface area contributed by atoms with Crippen molar-refractivity contribution < 1.29 is 0 Å². The second kappa shape index (κ2) is 5.61. The lowest BCUT2D eigenvalue weighted by Crippen LogP contribution is -2.36. The molecule has 0 saturated carbocycles. The summed E-state index contributed by atoms with van der Waals surface area (Å²) < 4.78 is 0. The van der Waals surface area contributed by atoms with E-state index < -0.39 is 8.07 Å². The molecule has 0 fully saturated rings. The minimum atomic E-state index is -1.02. The molecule has 0 radical (unpaired) electrons. The van der Waals surface area contributed by atoms with Gasteiger partial charge in [0, 0.05) is 6.42 Å². The zero-order valence-electron chi connectivity index (χ0n) is 10.6. The first kappa shape index (κ1) is 13.8. The highest BCUT2D eigenvalue weighted by molar-refractivity contribution is 6.80. The van der Waals surface area contributed by atoms with Crippen LogP contribution < -0.4 is 0 Å². The van der Waals surface area contributed by atoms with E-state index in [9.17, 15) is 0 Å². The smallest absolute Gasteiger partial charge is 0.0527 e. The zero-order chi connectivity index (χ0) is 11.2. The zero-order valence-corrected chi connectivity index (χ0v) is 11.6. The molecule has 0 saturated heterocycles. The van der Waals surface area contributed by atoms with Gasteiger partial charge in [-0.1, -0.05) is 52.8 Å². The third-order valence-corrected chi connectivity index (χ3v) is 9.32. The molecule has 0 aliphatic carbocycles. The Bertz CT molecular complexity index is 190. The molecule has 0 nitrogen and oxygen atoms in total. The molecule has 0 aliphatic heterocycles. The number of unbranched alkanes of at least 4 members (excludes halogenated alkanes) is 3. The van der Waals surface area contributed by atoms with Gasteiger partial charge >= 0.3 is 0 Å². The van der Waals surface area contributed by atoms with E-state index in [1.54, 1.807) is 0 Å². The lowest BCUT2D eigenvalue weighted by Gasteiger charge is -2.37. The van der Waals surface area contributed by atoms with E-state index in [1.165, 1.54) is 25.3 Å². The number of hydrogen-bond donors (Lipinski definition) is 0. The van der Waals surface area contributed by atoms with Crippen LogP contribution in [0.15, 0.2) is 0 Å². The Balaban J connectivity index is 3.73. The summed E-state index contributed by atoms with van der Waals surface area (Å²) in [4.78, 5) is 0. The van der Waals surface area contributed by atoms with Crippen LogP contribution in [0, 0.1) is 12.3 Å². The maximum atomic E-state index is 5.22. The van der Waals surface area contributed by atoms with Crippen molar-refractivity contribution in [1.82, 2.24) is 0 Å². The Labute approximate surface area is 91.5 Å². The molecule has 0 aromatic carbocycles. The molecule has 0 unspecified atom stereocenters. The van der Waals surface area contributed by atoms with Crippen LogP contribution in [-0.2, 0) is 0 Å². The van der Waals surface area contributed by atoms with Gasteiger partial charge in [-0.3, -0.25) is 0 Å². The predicted molar refractivity (Wildman–Crippen MR) is 69.3 cm³/mol. The topological polar surface area (TPSA) is 0 Å². The average Bonchev–Trinajstić information content (AvgIpc) is 2.02. The number of hydrogen-bond acceptors (Lipinski definition) is 0. The maximum absolute atomic E-state index is 5.22. The largest absolute Gasteiger partial charge is 0.120 e. The standard InChI is InChI=1S/C13H26Si/c1-7-8-9-10-11-12-14(5,6)13(2,3)4/h1H,8-12H2,2-6H3. The highest BCUT2D eigenvalue weighted by Gasteiger charge is 2.33. The van der Waals surface area contributed by atoms with Crippen molar-refractivity contribution in [1.29, 1.82) is 0 Å². The van der Waals surface area contributed by atoms with Crippen LogP contribution in [0.1, 0.15) is 46.5 Å². The molecule has 0 N–H and O–H groups in total. The Morgan fingerprint density at radius 3 is 2.07 bits per heavy atom. The minimum Gasteiger partial charge on any atom is -0.120 e. The van der Waals surface area contributed by atoms with Gasteiger partial charge in [0.1, 0.15) is 0 Å². The van der Waals surface area contributed by atoms with Gasteiger partial charge in [-0.25, -0.2) is 0 Å². The van der Waals surface area contributed by atoms with E-state index in [4.69, 9.17) is 6.42 Å². The highest BCUT2D eigenvalue weighted by atomic mass is 28.3. The van der Waals surface area contributed by atoms with Gasteiger partial charge in [-0.2, -0.15) is 0 Å². The summed E-state index contributed by atoms with van der Waals surface area (Å²) in [5.41, 5.74) is 0. The monoisotopic (exact) mass is 210 g/mol. The van der Waals surface area contributed by atoms with E-state index in [-0.39, 0.29) is 0 Å². The molecular weight excluding hydrogens is 184 g/mol. The van der Waals surface area contributed by atoms with Crippen LogP contribution in [0.25, 0.3) is 0 Å². The molecule has 0 aromatic rings. The van der Waals surface area contributed by atoms with Crippen molar-refractivity contribution in [2.75, 3.05) is 0 Å². The normalized spacial score (nSPS) is 12.6. The molecule has 82 valence electrons. The molecule has 0 heterocycles. The molecule has 0 aliphatic rings. The van der Waals surface area contributed by atoms with Gasteiger partial charge in [0.25, 0.3) is 0 Å². The quantitative estimate of drug-likeness (QED) is 0.351. The molecule has 0 aromatic heterocycles. The summed E-state index contributed by atoms with van der Waals surface area (Å²) >= 11 is 0. The van der Waals surface area contributed by atoms with E-state index in [0.29, 0.717) is 5.04 Å². The number of rotatable bonds is 5. The lowest BCUT2D eigenvalue weighted by molar-refractivity contribution is 0.681. The second-order valence-corrected chi connectivity index (χ2v) is 11.7. The molecule has 0 rings (SSSR count). The second-order valence-electron chi connectivity index (χ2n) is 5.90. The van der Waals surface area contributed by atoms with Crippen molar-refractivity contribution in [3.05, 3.63) is 0 Å². The van der Waals surface area contributed by atoms with Crippen molar-refractivity contribution in [2.45, 2.75) is 70.6 Å². The molecule has 0 amide bonds. The summed E-state index contributed by atoms with van der Waals surface area (Å²) in [5, 5.41) is 0.541. The van der Waals surface area contributed by atoms with Crippen LogP contribution in [-0.4, -0.2) is 8.07 Å². The Hall–Kier alpha value is -0.223. The third kappa shape index (κ3) is 4.86. The van der Waals surface area contributed by atoms with Crippen LogP contribution >= 0.6 is 0 Å². The van der Waals surface area contributed by atoms with Gasteiger partial charge in [0.15, 0.2) is 0 Å². The summed E-state index contributed by atoms with van der Waals surface area (Å²) in [6.45, 7) is 12.2. The van der Waals surface area contributed by atoms with Crippen molar-refractivity contribution in [2.24, 2.45) is 0 Å². The summed E-state index contributed by atoms with van der Waals surface area (Å²) in [7, 11) is -1.02. The minimum absolute atomic E-state index is 0.541. The van der Waals surface area contributed by atoms with Crippen molar-refractivity contribution in [3.63, 3.8) is 0 Å². The maximum Gasteiger partial charge on any atom is 0.0527 e. The van der Waals surface area contributed by atoms with E-state index >= 15 is 0 Å². The number of terminal acetylenes is 1. The average molecular weight is 210 g/mol. The molecule has 1 heteroatoms. The van der Waals surface area contributed by atoms with Crippen molar-refractivity contribution in [3.8, 4) is 12.3 Å². The molecule has 0 spiro atoms. The summed E-state index contributed by atoms with van der Waals surface area (Å²) in [5.74, 6) is 2.71. The fourth-order valence-electron chi connectivity index (χ4n) is 1.35. The van der Waals surface area contributed by atoms with Crippen LogP contribution in [0.5, 0.6) is 0 Å². The van der Waals surface area contributed by atoms with Crippen molar-refractivity contribution >= 4 is 8.07 Å². The lowest BCUT2D eigenvalue weighted by atomic mass is 10.2. The van der Waals surface area contributed by atoms with Gasteiger partial charge < -0.3 is 0 Å². The molecular formula is C13H26Si. The first-order valence-corrected chi connectivity index (χ1v) is 8.95. The third-order valence-electron chi connectivity index (χ3n) is 3.65. The Kier molecular flexibility index (Phi) is 5.52. The molecule has 0 atom stereocenters. The van der Waals surface area contributed by atoms with Gasteiger partial charge in [-0.05, 0) is 11.5 Å². The first-order chi connectivity index (χ1) is 6.31. The molecule has 14 heavy (non-hydrogen) atoms. The van der Waals surface area contributed by atoms with Gasteiger partial charge in [-0.15, -0.1) is 12.3 Å². The molecule has 0 bridgehead atoms. The fraction of sp³-hybridized carbons (Fsp3) is 0.846. The SMILES string of the molecule is C#CCCCCC[Si](C)(C)C(C)(C)C. The van der Waals surface area contributed by atoms with E-state index in [1.807, 2.05) is 0 Å². The van der Waals surface area contributed by atoms with E-state index in [0.717, 1.165) is 6.42 Å².